The summed E-state index contributed by atoms with van der Waals surface area (Å²) in [5.41, 5.74) is 0.326. The third kappa shape index (κ3) is 3.04. The molecule has 0 atom stereocenters. The molecule has 0 saturated heterocycles. The lowest BCUT2D eigenvalue weighted by molar-refractivity contribution is -0.143. The summed E-state index contributed by atoms with van der Waals surface area (Å²) in [6.07, 6.45) is 4.98. The minimum absolute atomic E-state index is 0.128. The number of hydrogen-bond donors (Lipinski definition) is 0. The number of carbonyl (C=O) groups is 1. The average molecular weight is 382 g/mol. The van der Waals surface area contributed by atoms with Crippen LogP contribution in [0.4, 0.5) is 0 Å². The van der Waals surface area contributed by atoms with Crippen LogP contribution in [0.1, 0.15) is 38.6 Å². The molecule has 8 nitrogen and oxygen atoms in total. The van der Waals surface area contributed by atoms with Crippen LogP contribution in [0.5, 0.6) is 0 Å². The van der Waals surface area contributed by atoms with Gasteiger partial charge in [0.05, 0.1) is 18.6 Å². The van der Waals surface area contributed by atoms with Gasteiger partial charge in [0, 0.05) is 6.04 Å². The van der Waals surface area contributed by atoms with Gasteiger partial charge in [-0.05, 0) is 31.9 Å². The van der Waals surface area contributed by atoms with Crippen LogP contribution < -0.4 is 11.2 Å². The lowest BCUT2D eigenvalue weighted by Crippen LogP contribution is -2.42. The highest BCUT2D eigenvalue weighted by molar-refractivity contribution is 5.76. The van der Waals surface area contributed by atoms with Gasteiger partial charge < -0.3 is 9.30 Å². The SMILES string of the molecule is CCOC(=O)Cn1cnc2c1c(=O)n(C1CCCC1)c(=O)n2-c1ccccc1. The molecule has 1 aliphatic carbocycles. The van der Waals surface area contributed by atoms with Gasteiger partial charge in [-0.15, -0.1) is 0 Å². The summed E-state index contributed by atoms with van der Waals surface area (Å²) in [4.78, 5) is 42.9. The van der Waals surface area contributed by atoms with Crippen LogP contribution in [0.2, 0.25) is 0 Å². The number of fused-ring (bicyclic) bond motifs is 1. The maximum absolute atomic E-state index is 13.3. The Morgan fingerprint density at radius 3 is 2.57 bits per heavy atom. The molecular weight excluding hydrogens is 360 g/mol. The van der Waals surface area contributed by atoms with E-state index < -0.39 is 17.2 Å². The van der Waals surface area contributed by atoms with Crippen LogP contribution in [0.3, 0.4) is 0 Å². The summed E-state index contributed by atoms with van der Waals surface area (Å²) < 4.78 is 9.27. The van der Waals surface area contributed by atoms with Gasteiger partial charge in [-0.1, -0.05) is 31.0 Å². The number of para-hydroxylation sites is 1. The first-order chi connectivity index (χ1) is 13.6. The molecule has 146 valence electrons. The molecule has 3 aromatic rings. The van der Waals surface area contributed by atoms with Crippen molar-refractivity contribution in [2.24, 2.45) is 0 Å². The minimum atomic E-state index is -0.453. The van der Waals surface area contributed by atoms with E-state index in [1.54, 1.807) is 19.1 Å². The Morgan fingerprint density at radius 2 is 1.89 bits per heavy atom. The predicted molar refractivity (Wildman–Crippen MR) is 104 cm³/mol. The molecule has 1 saturated carbocycles. The first-order valence-electron chi connectivity index (χ1n) is 9.55. The summed E-state index contributed by atoms with van der Waals surface area (Å²) in [7, 11) is 0. The molecule has 4 rings (SSSR count). The number of ether oxygens (including phenoxy) is 1. The Labute approximate surface area is 161 Å². The van der Waals surface area contributed by atoms with E-state index in [1.807, 2.05) is 18.2 Å². The molecule has 8 heteroatoms. The number of aromatic nitrogens is 4. The highest BCUT2D eigenvalue weighted by atomic mass is 16.5. The third-order valence-electron chi connectivity index (χ3n) is 5.16. The topological polar surface area (TPSA) is 88.1 Å². The van der Waals surface area contributed by atoms with E-state index in [1.165, 1.54) is 20.0 Å². The fourth-order valence-corrected chi connectivity index (χ4v) is 3.91. The van der Waals surface area contributed by atoms with Crippen molar-refractivity contribution in [3.63, 3.8) is 0 Å². The molecule has 0 unspecified atom stereocenters. The maximum atomic E-state index is 13.3. The summed E-state index contributed by atoms with van der Waals surface area (Å²) >= 11 is 0. The van der Waals surface area contributed by atoms with E-state index in [0.717, 1.165) is 25.7 Å². The van der Waals surface area contributed by atoms with E-state index in [0.29, 0.717) is 5.69 Å². The summed E-state index contributed by atoms with van der Waals surface area (Å²) in [6.45, 7) is 1.85. The minimum Gasteiger partial charge on any atom is -0.465 e. The smallest absolute Gasteiger partial charge is 0.337 e. The predicted octanol–water partition coefficient (Wildman–Crippen LogP) is 2.03. The van der Waals surface area contributed by atoms with Crippen molar-refractivity contribution in [1.82, 2.24) is 18.7 Å². The van der Waals surface area contributed by atoms with Crippen LogP contribution in [0.25, 0.3) is 16.9 Å². The summed E-state index contributed by atoms with van der Waals surface area (Å²) in [5.74, 6) is -0.453. The highest BCUT2D eigenvalue weighted by Gasteiger charge is 2.26. The van der Waals surface area contributed by atoms with Crippen LogP contribution in [-0.2, 0) is 16.1 Å². The second kappa shape index (κ2) is 7.46. The molecule has 1 aromatic carbocycles. The number of imidazole rings is 1. The van der Waals surface area contributed by atoms with Gasteiger partial charge in [-0.3, -0.25) is 14.2 Å². The van der Waals surface area contributed by atoms with Crippen LogP contribution in [-0.4, -0.2) is 31.3 Å². The number of nitrogens with zero attached hydrogens (tertiary/aromatic N) is 4. The maximum Gasteiger partial charge on any atom is 0.337 e. The molecule has 28 heavy (non-hydrogen) atoms. The Morgan fingerprint density at radius 1 is 1.18 bits per heavy atom. The quantitative estimate of drug-likeness (QED) is 0.630. The van der Waals surface area contributed by atoms with Gasteiger partial charge in [0.1, 0.15) is 6.54 Å². The largest absolute Gasteiger partial charge is 0.465 e. The van der Waals surface area contributed by atoms with Crippen LogP contribution in [0.15, 0.2) is 46.2 Å². The van der Waals surface area contributed by atoms with Gasteiger partial charge in [0.2, 0.25) is 0 Å². The molecule has 0 spiro atoms. The van der Waals surface area contributed by atoms with E-state index in [2.05, 4.69) is 4.98 Å². The molecule has 0 aliphatic heterocycles. The Kier molecular flexibility index (Phi) is 4.85. The molecular formula is C20H22N4O4. The summed E-state index contributed by atoms with van der Waals surface area (Å²) in [6, 6.07) is 8.98. The van der Waals surface area contributed by atoms with E-state index in [4.69, 9.17) is 4.74 Å². The fraction of sp³-hybridized carbons (Fsp3) is 0.400. The van der Waals surface area contributed by atoms with Gasteiger partial charge in [0.15, 0.2) is 11.2 Å². The molecule has 1 aliphatic rings. The molecule has 1 fully saturated rings. The average Bonchev–Trinajstić information content (AvgIpc) is 3.34. The Bertz CT molecular complexity index is 1120. The molecule has 0 amide bonds. The lowest BCUT2D eigenvalue weighted by Gasteiger charge is -2.16. The van der Waals surface area contributed by atoms with Crippen LogP contribution >= 0.6 is 0 Å². The van der Waals surface area contributed by atoms with E-state index in [9.17, 15) is 14.4 Å². The molecule has 0 bridgehead atoms. The van der Waals surface area contributed by atoms with E-state index >= 15 is 0 Å². The first-order valence-corrected chi connectivity index (χ1v) is 9.55. The molecule has 2 heterocycles. The number of esters is 1. The zero-order valence-corrected chi connectivity index (χ0v) is 15.7. The molecule has 2 aromatic heterocycles. The number of hydrogen-bond acceptors (Lipinski definition) is 5. The number of benzene rings is 1. The summed E-state index contributed by atoms with van der Waals surface area (Å²) in [5, 5.41) is 0. The zero-order valence-electron chi connectivity index (χ0n) is 15.7. The lowest BCUT2D eigenvalue weighted by atomic mass is 10.2. The standard InChI is InChI=1S/C20H22N4O4/c1-2-28-16(25)12-22-13-21-18-17(22)19(26)24(15-10-6-7-11-15)20(27)23(18)14-8-4-3-5-9-14/h3-5,8-9,13,15H,2,6-7,10-12H2,1H3. The number of rotatable bonds is 5. The van der Waals surface area contributed by atoms with Gasteiger partial charge in [-0.2, -0.15) is 0 Å². The van der Waals surface area contributed by atoms with Gasteiger partial charge in [-0.25, -0.2) is 14.3 Å². The van der Waals surface area contributed by atoms with Crippen LogP contribution in [0, 0.1) is 0 Å². The Balaban J connectivity index is 1.99. The number of carbonyl (C=O) groups excluding carboxylic acids is 1. The second-order valence-corrected chi connectivity index (χ2v) is 6.92. The normalized spacial score (nSPS) is 14.6. The van der Waals surface area contributed by atoms with Crippen molar-refractivity contribution < 1.29 is 9.53 Å². The molecule has 0 N–H and O–H groups in total. The van der Waals surface area contributed by atoms with E-state index in [-0.39, 0.29) is 30.4 Å². The van der Waals surface area contributed by atoms with Crippen molar-refractivity contribution in [2.45, 2.75) is 45.2 Å². The third-order valence-corrected chi connectivity index (χ3v) is 5.16. The van der Waals surface area contributed by atoms with Crippen molar-refractivity contribution in [2.75, 3.05) is 6.61 Å². The van der Waals surface area contributed by atoms with Gasteiger partial charge in [0.25, 0.3) is 5.56 Å². The van der Waals surface area contributed by atoms with Crippen molar-refractivity contribution in [3.8, 4) is 5.69 Å². The van der Waals surface area contributed by atoms with Gasteiger partial charge >= 0.3 is 11.7 Å². The van der Waals surface area contributed by atoms with Crippen molar-refractivity contribution in [1.29, 1.82) is 0 Å². The van der Waals surface area contributed by atoms with Crippen molar-refractivity contribution in [3.05, 3.63) is 57.5 Å². The Hall–Kier alpha value is -3.16. The monoisotopic (exact) mass is 382 g/mol. The second-order valence-electron chi connectivity index (χ2n) is 6.92. The fourth-order valence-electron chi connectivity index (χ4n) is 3.91. The highest BCUT2D eigenvalue weighted by Crippen LogP contribution is 2.27. The van der Waals surface area contributed by atoms with Crippen molar-refractivity contribution >= 4 is 17.1 Å². The molecule has 0 radical (unpaired) electrons. The first kappa shape index (κ1) is 18.2. The zero-order chi connectivity index (χ0) is 19.7.